The van der Waals surface area contributed by atoms with E-state index in [0.717, 1.165) is 11.1 Å². The van der Waals surface area contributed by atoms with Crippen LogP contribution in [0.25, 0.3) is 0 Å². The zero-order chi connectivity index (χ0) is 7.40. The first-order valence-corrected chi connectivity index (χ1v) is 3.97. The Morgan fingerprint density at radius 3 is 2.00 bits per heavy atom. The molecule has 0 N–H and O–H groups in total. The van der Waals surface area contributed by atoms with Crippen molar-refractivity contribution in [1.82, 2.24) is 0 Å². The van der Waals surface area contributed by atoms with Crippen molar-refractivity contribution in [3.8, 4) is 0 Å². The molecular formula is C8H6Cl2. The maximum Gasteiger partial charge on any atom is 0.0480 e. The summed E-state index contributed by atoms with van der Waals surface area (Å²) < 4.78 is 0. The third kappa shape index (κ3) is 1.89. The smallest absolute Gasteiger partial charge is 0.0480 e. The van der Waals surface area contributed by atoms with E-state index in [0.29, 0.717) is 11.8 Å². The van der Waals surface area contributed by atoms with E-state index in [4.69, 9.17) is 23.2 Å². The molecule has 0 amide bonds. The number of benzene rings is 1. The number of hydrogen-bond donors (Lipinski definition) is 0. The largest absolute Gasteiger partial charge is 0.122 e. The first-order chi connectivity index (χ1) is 4.86. The van der Waals surface area contributed by atoms with Gasteiger partial charge in [-0.1, -0.05) is 0 Å². The molecule has 0 saturated heterocycles. The van der Waals surface area contributed by atoms with Crippen LogP contribution in [0, 0.1) is 12.1 Å². The van der Waals surface area contributed by atoms with E-state index in [1.807, 2.05) is 12.1 Å². The van der Waals surface area contributed by atoms with Crippen molar-refractivity contribution < 1.29 is 0 Å². The lowest BCUT2D eigenvalue weighted by Gasteiger charge is -1.95. The fourth-order valence-electron chi connectivity index (χ4n) is 0.665. The number of rotatable bonds is 2. The fraction of sp³-hybridized carbons (Fsp3) is 0.250. The predicted molar refractivity (Wildman–Crippen MR) is 43.2 cm³/mol. The highest BCUT2D eigenvalue weighted by molar-refractivity contribution is 6.17. The second-order valence-electron chi connectivity index (χ2n) is 1.90. The fourth-order valence-corrected chi connectivity index (χ4v) is 0.953. The summed E-state index contributed by atoms with van der Waals surface area (Å²) in [6.07, 6.45) is 0. The van der Waals surface area contributed by atoms with Crippen molar-refractivity contribution >= 4 is 23.2 Å². The molecule has 0 bridgehead atoms. The monoisotopic (exact) mass is 172 g/mol. The quantitative estimate of drug-likeness (QED) is 0.603. The molecule has 0 saturated carbocycles. The van der Waals surface area contributed by atoms with Crippen LogP contribution in [0.4, 0.5) is 0 Å². The highest BCUT2D eigenvalue weighted by atomic mass is 35.5. The van der Waals surface area contributed by atoms with Crippen LogP contribution in [0.1, 0.15) is 11.1 Å². The zero-order valence-corrected chi connectivity index (χ0v) is 6.84. The minimum absolute atomic E-state index is 0.473. The minimum atomic E-state index is 0.473. The Balaban J connectivity index is 2.87. The average Bonchev–Trinajstić information content (AvgIpc) is 2.05. The van der Waals surface area contributed by atoms with E-state index in [9.17, 15) is 0 Å². The van der Waals surface area contributed by atoms with Gasteiger partial charge in [0.15, 0.2) is 0 Å². The van der Waals surface area contributed by atoms with E-state index in [-0.39, 0.29) is 0 Å². The Labute approximate surface area is 70.8 Å². The summed E-state index contributed by atoms with van der Waals surface area (Å²) in [6.45, 7) is 0. The summed E-state index contributed by atoms with van der Waals surface area (Å²) >= 11 is 11.1. The van der Waals surface area contributed by atoms with Gasteiger partial charge in [0.25, 0.3) is 0 Å². The second-order valence-corrected chi connectivity index (χ2v) is 2.43. The molecule has 1 aromatic carbocycles. The van der Waals surface area contributed by atoms with Gasteiger partial charge in [-0.25, -0.2) is 0 Å². The zero-order valence-electron chi connectivity index (χ0n) is 5.32. The van der Waals surface area contributed by atoms with Crippen LogP contribution in [-0.2, 0) is 11.8 Å². The number of halogens is 2. The molecule has 0 aliphatic carbocycles. The minimum Gasteiger partial charge on any atom is -0.122 e. The molecule has 0 aliphatic rings. The SMILES string of the molecule is ClCc1[c]c(CCl)c[c]c1. The number of hydrogen-bond acceptors (Lipinski definition) is 0. The van der Waals surface area contributed by atoms with Crippen molar-refractivity contribution in [2.75, 3.05) is 0 Å². The molecule has 0 aromatic heterocycles. The molecule has 0 aliphatic heterocycles. The van der Waals surface area contributed by atoms with E-state index < -0.39 is 0 Å². The van der Waals surface area contributed by atoms with Gasteiger partial charge >= 0.3 is 0 Å². The van der Waals surface area contributed by atoms with E-state index in [1.54, 1.807) is 0 Å². The van der Waals surface area contributed by atoms with Gasteiger partial charge in [-0.05, 0) is 35.4 Å². The number of alkyl halides is 2. The van der Waals surface area contributed by atoms with Crippen LogP contribution in [0.15, 0.2) is 12.1 Å². The van der Waals surface area contributed by atoms with Gasteiger partial charge in [0.2, 0.25) is 0 Å². The molecule has 0 heterocycles. The first kappa shape index (κ1) is 7.90. The molecule has 2 radical (unpaired) electrons. The highest BCUT2D eigenvalue weighted by Gasteiger charge is 1.92. The molecule has 2 heteroatoms. The van der Waals surface area contributed by atoms with Gasteiger partial charge in [0, 0.05) is 11.8 Å². The summed E-state index contributed by atoms with van der Waals surface area (Å²) in [7, 11) is 0. The van der Waals surface area contributed by atoms with Gasteiger partial charge in [0.05, 0.1) is 0 Å². The maximum absolute atomic E-state index is 5.56. The Morgan fingerprint density at radius 1 is 1.10 bits per heavy atom. The van der Waals surface area contributed by atoms with Crippen LogP contribution in [0.5, 0.6) is 0 Å². The Hall–Kier alpha value is -0.200. The molecule has 0 fully saturated rings. The van der Waals surface area contributed by atoms with Crippen molar-refractivity contribution in [3.63, 3.8) is 0 Å². The summed E-state index contributed by atoms with van der Waals surface area (Å²) in [4.78, 5) is 0. The second kappa shape index (κ2) is 3.85. The van der Waals surface area contributed by atoms with Crippen LogP contribution in [0.3, 0.4) is 0 Å². The van der Waals surface area contributed by atoms with Crippen LogP contribution in [-0.4, -0.2) is 0 Å². The van der Waals surface area contributed by atoms with Crippen LogP contribution in [0.2, 0.25) is 0 Å². The topological polar surface area (TPSA) is 0 Å². The molecule has 0 spiro atoms. The molecule has 52 valence electrons. The molecule has 1 rings (SSSR count). The van der Waals surface area contributed by atoms with Crippen LogP contribution >= 0.6 is 23.2 Å². The summed E-state index contributed by atoms with van der Waals surface area (Å²) in [5.41, 5.74) is 1.89. The summed E-state index contributed by atoms with van der Waals surface area (Å²) in [6, 6.07) is 9.60. The molecule has 1 aromatic rings. The summed E-state index contributed by atoms with van der Waals surface area (Å²) in [5.74, 6) is 0.947. The predicted octanol–water partition coefficient (Wildman–Crippen LogP) is 2.76. The van der Waals surface area contributed by atoms with Crippen LogP contribution < -0.4 is 0 Å². The lowest BCUT2D eigenvalue weighted by molar-refractivity contribution is 1.30. The highest BCUT2D eigenvalue weighted by Crippen LogP contribution is 2.07. The van der Waals surface area contributed by atoms with Crippen molar-refractivity contribution in [2.45, 2.75) is 11.8 Å². The lowest BCUT2D eigenvalue weighted by Crippen LogP contribution is -1.82. The van der Waals surface area contributed by atoms with Gasteiger partial charge in [0.1, 0.15) is 0 Å². The van der Waals surface area contributed by atoms with E-state index in [2.05, 4.69) is 12.1 Å². The van der Waals surface area contributed by atoms with Gasteiger partial charge in [-0.15, -0.1) is 23.2 Å². The molecule has 10 heavy (non-hydrogen) atoms. The maximum atomic E-state index is 5.56. The van der Waals surface area contributed by atoms with Crippen molar-refractivity contribution in [3.05, 3.63) is 35.4 Å². The molecule has 0 atom stereocenters. The van der Waals surface area contributed by atoms with E-state index in [1.165, 1.54) is 0 Å². The molecular weight excluding hydrogens is 167 g/mol. The normalized spacial score (nSPS) is 9.80. The standard InChI is InChI=1S/C8H6Cl2/c9-5-7-2-1-3-8(4-7)6-10/h2-3H,5-6H2. The Morgan fingerprint density at radius 2 is 1.60 bits per heavy atom. The third-order valence-corrected chi connectivity index (χ3v) is 1.70. The lowest BCUT2D eigenvalue weighted by atomic mass is 10.2. The molecule has 0 unspecified atom stereocenters. The van der Waals surface area contributed by atoms with Gasteiger partial charge in [-0.2, -0.15) is 0 Å². The summed E-state index contributed by atoms with van der Waals surface area (Å²) in [5, 5.41) is 0. The Kier molecular flexibility index (Phi) is 3.04. The molecule has 0 nitrogen and oxygen atoms in total. The third-order valence-electron chi connectivity index (χ3n) is 1.12. The van der Waals surface area contributed by atoms with Gasteiger partial charge < -0.3 is 0 Å². The van der Waals surface area contributed by atoms with Gasteiger partial charge in [-0.3, -0.25) is 0 Å². The van der Waals surface area contributed by atoms with Crippen molar-refractivity contribution in [1.29, 1.82) is 0 Å². The Bertz CT molecular complexity index is 189. The van der Waals surface area contributed by atoms with E-state index >= 15 is 0 Å². The average molecular weight is 173 g/mol. The first-order valence-electron chi connectivity index (χ1n) is 2.90. The van der Waals surface area contributed by atoms with Crippen molar-refractivity contribution in [2.24, 2.45) is 0 Å².